The van der Waals surface area contributed by atoms with E-state index >= 15 is 0 Å². The molecule has 0 spiro atoms. The minimum absolute atomic E-state index is 0.0410. The number of carbonyl (C=O) groups excluding carboxylic acids is 1. The number of carbonyl (C=O) groups is 1. The fourth-order valence-corrected chi connectivity index (χ4v) is 3.29. The SMILES string of the molecule is CCOC(=O)CCN(Cc1cccnc1)Cn1nc(OC(C)C)sc1=S. The van der Waals surface area contributed by atoms with E-state index in [9.17, 15) is 4.79 Å². The summed E-state index contributed by atoms with van der Waals surface area (Å²) in [5, 5.41) is 4.98. The molecule has 0 N–H and O–H groups in total. The molecule has 2 aromatic rings. The van der Waals surface area contributed by atoms with Gasteiger partial charge < -0.3 is 9.47 Å². The first-order chi connectivity index (χ1) is 12.5. The monoisotopic (exact) mass is 396 g/mol. The lowest BCUT2D eigenvalue weighted by atomic mass is 10.2. The Bertz CT molecular complexity index is 746. The Labute approximate surface area is 162 Å². The lowest BCUT2D eigenvalue weighted by molar-refractivity contribution is -0.143. The number of esters is 1. The van der Waals surface area contributed by atoms with Gasteiger partial charge in [0.15, 0.2) is 3.95 Å². The summed E-state index contributed by atoms with van der Waals surface area (Å²) < 4.78 is 13.0. The van der Waals surface area contributed by atoms with Gasteiger partial charge in [-0.2, -0.15) is 0 Å². The molecule has 2 aromatic heterocycles. The number of pyridine rings is 1. The Morgan fingerprint density at radius 2 is 2.27 bits per heavy atom. The second kappa shape index (κ2) is 10.3. The van der Waals surface area contributed by atoms with Crippen LogP contribution in [0.1, 0.15) is 32.8 Å². The maximum Gasteiger partial charge on any atom is 0.307 e. The first-order valence-corrected chi connectivity index (χ1v) is 9.72. The van der Waals surface area contributed by atoms with Crippen LogP contribution >= 0.6 is 23.6 Å². The van der Waals surface area contributed by atoms with Crippen molar-refractivity contribution in [2.75, 3.05) is 13.2 Å². The molecule has 0 saturated carbocycles. The number of nitrogens with zero attached hydrogens (tertiary/aromatic N) is 4. The van der Waals surface area contributed by atoms with Crippen molar-refractivity contribution in [1.29, 1.82) is 0 Å². The van der Waals surface area contributed by atoms with Crippen LogP contribution in [0, 0.1) is 3.95 Å². The highest BCUT2D eigenvalue weighted by Gasteiger charge is 2.14. The van der Waals surface area contributed by atoms with Gasteiger partial charge >= 0.3 is 5.97 Å². The van der Waals surface area contributed by atoms with Crippen molar-refractivity contribution < 1.29 is 14.3 Å². The molecule has 0 aromatic carbocycles. The van der Waals surface area contributed by atoms with Crippen molar-refractivity contribution in [1.82, 2.24) is 19.7 Å². The average molecular weight is 397 g/mol. The second-order valence-corrected chi connectivity index (χ2v) is 7.50. The Kier molecular flexibility index (Phi) is 8.14. The number of rotatable bonds is 10. The van der Waals surface area contributed by atoms with Crippen LogP contribution in [0.5, 0.6) is 5.19 Å². The van der Waals surface area contributed by atoms with Gasteiger partial charge in [-0.25, -0.2) is 4.68 Å². The quantitative estimate of drug-likeness (QED) is 0.451. The zero-order chi connectivity index (χ0) is 18.9. The van der Waals surface area contributed by atoms with Crippen LogP contribution in [0.4, 0.5) is 0 Å². The Balaban J connectivity index is 2.08. The molecular formula is C17H24N4O3S2. The molecule has 9 heteroatoms. The first-order valence-electron chi connectivity index (χ1n) is 8.49. The standard InChI is InChI=1S/C17H24N4O3S2/c1-4-23-15(22)7-9-20(11-14-6-5-8-18-10-14)12-21-17(25)26-16(19-21)24-13(2)3/h5-6,8,10,13H,4,7,9,11-12H2,1-3H3. The first kappa shape index (κ1) is 20.5. The molecular weight excluding hydrogens is 372 g/mol. The summed E-state index contributed by atoms with van der Waals surface area (Å²) in [6, 6.07) is 3.89. The highest BCUT2D eigenvalue weighted by molar-refractivity contribution is 7.73. The molecule has 0 unspecified atom stereocenters. The van der Waals surface area contributed by atoms with E-state index in [1.54, 1.807) is 17.8 Å². The molecule has 7 nitrogen and oxygen atoms in total. The third-order valence-electron chi connectivity index (χ3n) is 3.32. The molecule has 0 radical (unpaired) electrons. The van der Waals surface area contributed by atoms with Crippen LogP contribution in [0.3, 0.4) is 0 Å². The highest BCUT2D eigenvalue weighted by atomic mass is 32.1. The van der Waals surface area contributed by atoms with Crippen LogP contribution in [-0.2, 0) is 22.7 Å². The van der Waals surface area contributed by atoms with Gasteiger partial charge in [0, 0.05) is 25.5 Å². The van der Waals surface area contributed by atoms with E-state index in [1.807, 2.05) is 32.2 Å². The van der Waals surface area contributed by atoms with Crippen LogP contribution in [0.2, 0.25) is 0 Å². The zero-order valence-corrected chi connectivity index (χ0v) is 16.9. The largest absolute Gasteiger partial charge is 0.466 e. The fourth-order valence-electron chi connectivity index (χ4n) is 2.25. The summed E-state index contributed by atoms with van der Waals surface area (Å²) in [7, 11) is 0. The van der Waals surface area contributed by atoms with Crippen molar-refractivity contribution in [3.63, 3.8) is 0 Å². The van der Waals surface area contributed by atoms with Crippen LogP contribution in [0.25, 0.3) is 0 Å². The van der Waals surface area contributed by atoms with Crippen molar-refractivity contribution >= 4 is 29.5 Å². The molecule has 2 rings (SSSR count). The number of aromatic nitrogens is 3. The summed E-state index contributed by atoms with van der Waals surface area (Å²) >= 11 is 6.73. The van der Waals surface area contributed by atoms with Crippen LogP contribution in [-0.4, -0.2) is 44.9 Å². The zero-order valence-electron chi connectivity index (χ0n) is 15.3. The van der Waals surface area contributed by atoms with Crippen molar-refractivity contribution in [2.45, 2.75) is 46.5 Å². The van der Waals surface area contributed by atoms with Gasteiger partial charge in [0.1, 0.15) is 0 Å². The van der Waals surface area contributed by atoms with E-state index < -0.39 is 0 Å². The topological polar surface area (TPSA) is 69.5 Å². The van der Waals surface area contributed by atoms with Crippen molar-refractivity contribution in [3.05, 3.63) is 34.0 Å². The molecule has 0 bridgehead atoms. The Morgan fingerprint density at radius 3 is 2.92 bits per heavy atom. The lowest BCUT2D eigenvalue weighted by Crippen LogP contribution is -2.29. The number of hydrogen-bond acceptors (Lipinski definition) is 8. The van der Waals surface area contributed by atoms with E-state index in [4.69, 9.17) is 21.7 Å². The smallest absolute Gasteiger partial charge is 0.307 e. The maximum atomic E-state index is 11.7. The second-order valence-electron chi connectivity index (χ2n) is 5.91. The van der Waals surface area contributed by atoms with Gasteiger partial charge in [0.2, 0.25) is 0 Å². The van der Waals surface area contributed by atoms with Gasteiger partial charge in [-0.05, 0) is 56.0 Å². The van der Waals surface area contributed by atoms with E-state index in [0.29, 0.717) is 41.9 Å². The summed E-state index contributed by atoms with van der Waals surface area (Å²) in [4.78, 5) is 18.0. The van der Waals surface area contributed by atoms with E-state index in [-0.39, 0.29) is 12.1 Å². The summed E-state index contributed by atoms with van der Waals surface area (Å²) in [6.45, 7) is 7.71. The molecule has 0 saturated heterocycles. The summed E-state index contributed by atoms with van der Waals surface area (Å²) in [5.74, 6) is -0.214. The fraction of sp³-hybridized carbons (Fsp3) is 0.529. The van der Waals surface area contributed by atoms with Crippen molar-refractivity contribution in [3.8, 4) is 5.19 Å². The minimum atomic E-state index is -0.214. The van der Waals surface area contributed by atoms with Gasteiger partial charge in [0.25, 0.3) is 5.19 Å². The third-order valence-corrected chi connectivity index (χ3v) is 4.52. The van der Waals surface area contributed by atoms with E-state index in [2.05, 4.69) is 15.0 Å². The van der Waals surface area contributed by atoms with Gasteiger partial charge in [-0.1, -0.05) is 6.07 Å². The van der Waals surface area contributed by atoms with Gasteiger partial charge in [0.05, 0.1) is 25.8 Å². The van der Waals surface area contributed by atoms with E-state index in [0.717, 1.165) is 5.56 Å². The Hall–Kier alpha value is -1.84. The summed E-state index contributed by atoms with van der Waals surface area (Å²) in [5.41, 5.74) is 1.05. The minimum Gasteiger partial charge on any atom is -0.466 e. The lowest BCUT2D eigenvalue weighted by Gasteiger charge is -2.21. The Morgan fingerprint density at radius 1 is 1.46 bits per heavy atom. The predicted molar refractivity (Wildman–Crippen MR) is 103 cm³/mol. The molecule has 0 aliphatic carbocycles. The molecule has 2 heterocycles. The molecule has 0 aliphatic rings. The van der Waals surface area contributed by atoms with Gasteiger partial charge in [-0.3, -0.25) is 14.7 Å². The van der Waals surface area contributed by atoms with Gasteiger partial charge in [-0.15, -0.1) is 5.10 Å². The van der Waals surface area contributed by atoms with Crippen LogP contribution < -0.4 is 4.74 Å². The van der Waals surface area contributed by atoms with Crippen molar-refractivity contribution in [2.24, 2.45) is 0 Å². The molecule has 0 aliphatic heterocycles. The van der Waals surface area contributed by atoms with E-state index in [1.165, 1.54) is 11.3 Å². The number of ether oxygens (including phenoxy) is 2. The highest BCUT2D eigenvalue weighted by Crippen LogP contribution is 2.19. The van der Waals surface area contributed by atoms with Crippen LogP contribution in [0.15, 0.2) is 24.5 Å². The normalized spacial score (nSPS) is 11.1. The predicted octanol–water partition coefficient (Wildman–Crippen LogP) is 3.27. The number of hydrogen-bond donors (Lipinski definition) is 0. The molecule has 0 atom stereocenters. The summed E-state index contributed by atoms with van der Waals surface area (Å²) in [6.07, 6.45) is 3.89. The molecule has 142 valence electrons. The molecule has 26 heavy (non-hydrogen) atoms. The third kappa shape index (κ3) is 6.81. The maximum absolute atomic E-state index is 11.7. The molecule has 0 amide bonds. The average Bonchev–Trinajstić information content (AvgIpc) is 2.92. The molecule has 0 fully saturated rings.